The molecule has 148 valence electrons. The Morgan fingerprint density at radius 2 is 1.82 bits per heavy atom. The third-order valence-corrected chi connectivity index (χ3v) is 4.58. The minimum absolute atomic E-state index is 0.0393. The summed E-state index contributed by atoms with van der Waals surface area (Å²) in [5, 5.41) is 2.82. The van der Waals surface area contributed by atoms with Gasteiger partial charge in [0, 0.05) is 24.7 Å². The van der Waals surface area contributed by atoms with Crippen LogP contribution in [0.4, 0.5) is 18.9 Å². The first-order valence-electron chi connectivity index (χ1n) is 8.71. The molecule has 0 saturated carbocycles. The molecule has 0 radical (unpaired) electrons. The van der Waals surface area contributed by atoms with Gasteiger partial charge in [0.15, 0.2) is 0 Å². The molecule has 2 aromatic rings. The highest BCUT2D eigenvalue weighted by Crippen LogP contribution is 2.29. The molecule has 0 bridgehead atoms. The van der Waals surface area contributed by atoms with Crippen molar-refractivity contribution in [3.8, 4) is 5.75 Å². The SMILES string of the molecule is CC(=O)N1CCc2cc(C(=O)NC(C)c3ccc(OC(F)(F)F)cc3)ccc21. The minimum atomic E-state index is -4.74. The average Bonchev–Trinajstić information content (AvgIpc) is 3.04. The summed E-state index contributed by atoms with van der Waals surface area (Å²) in [6.07, 6.45) is -4.06. The van der Waals surface area contributed by atoms with Gasteiger partial charge in [-0.1, -0.05) is 12.1 Å². The lowest BCUT2D eigenvalue weighted by molar-refractivity contribution is -0.274. The molecule has 8 heteroatoms. The molecule has 1 atom stereocenters. The van der Waals surface area contributed by atoms with Crippen molar-refractivity contribution in [1.82, 2.24) is 5.32 Å². The first-order valence-corrected chi connectivity index (χ1v) is 8.71. The van der Waals surface area contributed by atoms with Crippen molar-refractivity contribution >= 4 is 17.5 Å². The molecule has 1 aliphatic rings. The summed E-state index contributed by atoms with van der Waals surface area (Å²) in [4.78, 5) is 25.8. The number of carbonyl (C=O) groups is 2. The van der Waals surface area contributed by atoms with Crippen LogP contribution in [0.1, 0.15) is 41.4 Å². The number of benzene rings is 2. The summed E-state index contributed by atoms with van der Waals surface area (Å²) >= 11 is 0. The largest absolute Gasteiger partial charge is 0.573 e. The topological polar surface area (TPSA) is 58.6 Å². The third-order valence-electron chi connectivity index (χ3n) is 4.58. The van der Waals surface area contributed by atoms with Gasteiger partial charge in [0.25, 0.3) is 5.91 Å². The van der Waals surface area contributed by atoms with E-state index in [-0.39, 0.29) is 17.6 Å². The highest BCUT2D eigenvalue weighted by molar-refractivity contribution is 5.98. The number of ether oxygens (including phenoxy) is 1. The Morgan fingerprint density at radius 1 is 1.14 bits per heavy atom. The second kappa shape index (κ2) is 7.53. The zero-order valence-corrected chi connectivity index (χ0v) is 15.3. The number of anilines is 1. The molecule has 0 aliphatic carbocycles. The van der Waals surface area contributed by atoms with Crippen molar-refractivity contribution in [3.05, 3.63) is 59.2 Å². The molecule has 1 aliphatic heterocycles. The fraction of sp³-hybridized carbons (Fsp3) is 0.300. The maximum Gasteiger partial charge on any atom is 0.573 e. The number of halogens is 3. The predicted octanol–water partition coefficient (Wildman–Crippen LogP) is 3.99. The Kier molecular flexibility index (Phi) is 5.31. The molecule has 1 N–H and O–H groups in total. The Morgan fingerprint density at radius 3 is 2.43 bits per heavy atom. The van der Waals surface area contributed by atoms with Gasteiger partial charge in [-0.15, -0.1) is 13.2 Å². The summed E-state index contributed by atoms with van der Waals surface area (Å²) < 4.78 is 40.5. The lowest BCUT2D eigenvalue weighted by Gasteiger charge is -2.17. The van der Waals surface area contributed by atoms with Crippen LogP contribution in [0.5, 0.6) is 5.75 Å². The van der Waals surface area contributed by atoms with Crippen molar-refractivity contribution < 1.29 is 27.5 Å². The standard InChI is InChI=1S/C20H19F3N2O3/c1-12(14-3-6-17(7-4-14)28-20(21,22)23)24-19(27)16-5-8-18-15(11-16)9-10-25(18)13(2)26/h3-8,11-12H,9-10H2,1-2H3,(H,24,27). The van der Waals surface area contributed by atoms with Crippen molar-refractivity contribution in [2.75, 3.05) is 11.4 Å². The van der Waals surface area contributed by atoms with Gasteiger partial charge in [0.1, 0.15) is 5.75 Å². The lowest BCUT2D eigenvalue weighted by atomic mass is 10.1. The van der Waals surface area contributed by atoms with E-state index in [1.807, 2.05) is 0 Å². The molecule has 2 amide bonds. The molecule has 1 heterocycles. The van der Waals surface area contributed by atoms with Crippen molar-refractivity contribution in [3.63, 3.8) is 0 Å². The average molecular weight is 392 g/mol. The second-order valence-corrected chi connectivity index (χ2v) is 6.58. The fourth-order valence-electron chi connectivity index (χ4n) is 3.19. The molecular weight excluding hydrogens is 373 g/mol. The highest BCUT2D eigenvalue weighted by atomic mass is 19.4. The smallest absolute Gasteiger partial charge is 0.406 e. The maximum absolute atomic E-state index is 12.5. The Labute approximate surface area is 160 Å². The van der Waals surface area contributed by atoms with E-state index in [0.29, 0.717) is 24.1 Å². The Hall–Kier alpha value is -3.03. The molecule has 0 spiro atoms. The van der Waals surface area contributed by atoms with Gasteiger partial charge in [-0.3, -0.25) is 9.59 Å². The van der Waals surface area contributed by atoms with E-state index in [0.717, 1.165) is 11.3 Å². The van der Waals surface area contributed by atoms with E-state index in [1.165, 1.54) is 31.2 Å². The third kappa shape index (κ3) is 4.44. The second-order valence-electron chi connectivity index (χ2n) is 6.58. The number of carbonyl (C=O) groups excluding carboxylic acids is 2. The molecule has 3 rings (SSSR count). The molecule has 1 unspecified atom stereocenters. The zero-order chi connectivity index (χ0) is 20.5. The summed E-state index contributed by atoms with van der Waals surface area (Å²) in [6, 6.07) is 10.1. The number of hydrogen-bond acceptors (Lipinski definition) is 3. The van der Waals surface area contributed by atoms with Crippen LogP contribution in [0.25, 0.3) is 0 Å². The van der Waals surface area contributed by atoms with Crippen LogP contribution in [-0.2, 0) is 11.2 Å². The van der Waals surface area contributed by atoms with Crippen molar-refractivity contribution in [1.29, 1.82) is 0 Å². The van der Waals surface area contributed by atoms with Gasteiger partial charge in [-0.25, -0.2) is 0 Å². The van der Waals surface area contributed by atoms with Crippen LogP contribution < -0.4 is 15.0 Å². The molecule has 2 aromatic carbocycles. The number of hydrogen-bond donors (Lipinski definition) is 1. The lowest BCUT2D eigenvalue weighted by Crippen LogP contribution is -2.27. The van der Waals surface area contributed by atoms with E-state index < -0.39 is 12.4 Å². The van der Waals surface area contributed by atoms with Gasteiger partial charge >= 0.3 is 6.36 Å². The van der Waals surface area contributed by atoms with E-state index >= 15 is 0 Å². The molecule has 0 saturated heterocycles. The monoisotopic (exact) mass is 392 g/mol. The van der Waals surface area contributed by atoms with Crippen LogP contribution in [-0.4, -0.2) is 24.7 Å². The molecule has 28 heavy (non-hydrogen) atoms. The van der Waals surface area contributed by atoms with Crippen LogP contribution in [0.2, 0.25) is 0 Å². The van der Waals surface area contributed by atoms with E-state index in [1.54, 1.807) is 30.0 Å². The summed E-state index contributed by atoms with van der Waals surface area (Å²) in [7, 11) is 0. The van der Waals surface area contributed by atoms with Gasteiger partial charge < -0.3 is 15.0 Å². The van der Waals surface area contributed by atoms with E-state index in [2.05, 4.69) is 10.1 Å². The molecule has 0 fully saturated rings. The maximum atomic E-state index is 12.5. The van der Waals surface area contributed by atoms with Crippen LogP contribution in [0.15, 0.2) is 42.5 Å². The van der Waals surface area contributed by atoms with Gasteiger partial charge in [-0.05, 0) is 54.8 Å². The zero-order valence-electron chi connectivity index (χ0n) is 15.3. The van der Waals surface area contributed by atoms with Gasteiger partial charge in [0.2, 0.25) is 5.91 Å². The first kappa shape index (κ1) is 19.7. The van der Waals surface area contributed by atoms with Crippen LogP contribution >= 0.6 is 0 Å². The van der Waals surface area contributed by atoms with E-state index in [4.69, 9.17) is 0 Å². The predicted molar refractivity (Wildman–Crippen MR) is 97.2 cm³/mol. The quantitative estimate of drug-likeness (QED) is 0.856. The summed E-state index contributed by atoms with van der Waals surface area (Å²) in [5.74, 6) is -0.654. The minimum Gasteiger partial charge on any atom is -0.406 e. The molecular formula is C20H19F3N2O3. The Balaban J connectivity index is 1.67. The van der Waals surface area contributed by atoms with Crippen molar-refractivity contribution in [2.24, 2.45) is 0 Å². The molecule has 5 nitrogen and oxygen atoms in total. The van der Waals surface area contributed by atoms with E-state index in [9.17, 15) is 22.8 Å². The highest BCUT2D eigenvalue weighted by Gasteiger charge is 2.31. The Bertz CT molecular complexity index is 895. The number of nitrogens with one attached hydrogen (secondary N) is 1. The van der Waals surface area contributed by atoms with Crippen LogP contribution in [0.3, 0.4) is 0 Å². The van der Waals surface area contributed by atoms with Crippen molar-refractivity contribution in [2.45, 2.75) is 32.7 Å². The molecule has 0 aromatic heterocycles. The van der Waals surface area contributed by atoms with Gasteiger partial charge in [0.05, 0.1) is 6.04 Å². The van der Waals surface area contributed by atoms with Crippen LogP contribution in [0, 0.1) is 0 Å². The number of rotatable bonds is 4. The number of nitrogens with zero attached hydrogens (tertiary/aromatic N) is 1. The first-order chi connectivity index (χ1) is 13.1. The number of alkyl halides is 3. The normalized spacial score (nSPS) is 14.4. The fourth-order valence-corrected chi connectivity index (χ4v) is 3.19. The summed E-state index contributed by atoms with van der Waals surface area (Å²) in [6.45, 7) is 3.84. The number of fused-ring (bicyclic) bond motifs is 1. The summed E-state index contributed by atoms with van der Waals surface area (Å²) in [5.41, 5.74) is 2.86. The number of amides is 2. The van der Waals surface area contributed by atoms with Gasteiger partial charge in [-0.2, -0.15) is 0 Å².